The van der Waals surface area contributed by atoms with Crippen molar-refractivity contribution in [2.75, 3.05) is 5.32 Å². The standard InChI is InChI=1S/C20H14NO/c1-3-7-16-14(5-1)9-10-18-17(16)13-20(21-18)12-11-15-6-2-4-8-19(15)22-20/h1-13,21H. The highest BCUT2D eigenvalue weighted by molar-refractivity contribution is 5.94. The molecule has 3 aromatic carbocycles. The second-order valence-corrected chi connectivity index (χ2v) is 5.78. The van der Waals surface area contributed by atoms with E-state index in [9.17, 15) is 0 Å². The van der Waals surface area contributed by atoms with E-state index in [-0.39, 0.29) is 0 Å². The predicted octanol–water partition coefficient (Wildman–Crippen LogP) is 4.62. The zero-order chi connectivity index (χ0) is 14.6. The lowest BCUT2D eigenvalue weighted by atomic mass is 9.98. The molecule has 0 aromatic heterocycles. The average molecular weight is 284 g/mol. The maximum Gasteiger partial charge on any atom is 0.208 e. The van der Waals surface area contributed by atoms with Gasteiger partial charge in [0.15, 0.2) is 0 Å². The van der Waals surface area contributed by atoms with Crippen LogP contribution in [0.3, 0.4) is 0 Å². The maximum atomic E-state index is 6.26. The molecule has 105 valence electrons. The second-order valence-electron chi connectivity index (χ2n) is 5.78. The van der Waals surface area contributed by atoms with Crippen LogP contribution in [0.1, 0.15) is 11.1 Å². The average Bonchev–Trinajstić information content (AvgIpc) is 2.93. The lowest BCUT2D eigenvalue weighted by molar-refractivity contribution is 0.190. The molecule has 5 rings (SSSR count). The molecule has 1 atom stereocenters. The van der Waals surface area contributed by atoms with Crippen molar-refractivity contribution in [3.05, 3.63) is 84.3 Å². The van der Waals surface area contributed by atoms with Gasteiger partial charge in [0.05, 0.1) is 6.42 Å². The summed E-state index contributed by atoms with van der Waals surface area (Å²) in [7, 11) is 0. The van der Waals surface area contributed by atoms with Gasteiger partial charge in [-0.05, 0) is 40.6 Å². The van der Waals surface area contributed by atoms with Crippen molar-refractivity contribution >= 4 is 22.5 Å². The van der Waals surface area contributed by atoms with Crippen molar-refractivity contribution in [2.24, 2.45) is 0 Å². The fraction of sp³-hybridized carbons (Fsp3) is 0.0500. The van der Waals surface area contributed by atoms with Crippen LogP contribution in [0.15, 0.2) is 66.7 Å². The lowest BCUT2D eigenvalue weighted by Crippen LogP contribution is -2.40. The fourth-order valence-corrected chi connectivity index (χ4v) is 3.31. The van der Waals surface area contributed by atoms with Gasteiger partial charge in [0.1, 0.15) is 5.75 Å². The number of para-hydroxylation sites is 1. The van der Waals surface area contributed by atoms with E-state index in [0.717, 1.165) is 17.0 Å². The Morgan fingerprint density at radius 3 is 2.73 bits per heavy atom. The quantitative estimate of drug-likeness (QED) is 0.650. The van der Waals surface area contributed by atoms with Gasteiger partial charge in [-0.1, -0.05) is 48.5 Å². The summed E-state index contributed by atoms with van der Waals surface area (Å²) in [6.45, 7) is 0. The number of fused-ring (bicyclic) bond motifs is 4. The first-order valence-corrected chi connectivity index (χ1v) is 7.46. The van der Waals surface area contributed by atoms with E-state index in [4.69, 9.17) is 4.74 Å². The zero-order valence-electron chi connectivity index (χ0n) is 11.9. The molecule has 1 unspecified atom stereocenters. The Hall–Kier alpha value is -2.74. The van der Waals surface area contributed by atoms with E-state index in [1.165, 1.54) is 16.3 Å². The summed E-state index contributed by atoms with van der Waals surface area (Å²) >= 11 is 0. The van der Waals surface area contributed by atoms with E-state index in [0.29, 0.717) is 0 Å². The highest BCUT2D eigenvalue weighted by Gasteiger charge is 2.40. The third-order valence-electron chi connectivity index (χ3n) is 4.37. The number of ether oxygens (including phenoxy) is 1. The van der Waals surface area contributed by atoms with Gasteiger partial charge >= 0.3 is 0 Å². The molecular formula is C20H14NO. The molecular weight excluding hydrogens is 270 g/mol. The molecule has 0 bridgehead atoms. The van der Waals surface area contributed by atoms with Crippen LogP contribution in [0, 0.1) is 6.42 Å². The smallest absolute Gasteiger partial charge is 0.208 e. The van der Waals surface area contributed by atoms with Gasteiger partial charge in [0, 0.05) is 11.3 Å². The minimum Gasteiger partial charge on any atom is -0.463 e. The molecule has 22 heavy (non-hydrogen) atoms. The van der Waals surface area contributed by atoms with Gasteiger partial charge < -0.3 is 10.1 Å². The Balaban J connectivity index is 1.62. The van der Waals surface area contributed by atoms with Crippen LogP contribution in [0.5, 0.6) is 5.75 Å². The number of hydrogen-bond donors (Lipinski definition) is 1. The van der Waals surface area contributed by atoms with Crippen LogP contribution >= 0.6 is 0 Å². The van der Waals surface area contributed by atoms with Crippen LogP contribution in [0.25, 0.3) is 16.8 Å². The highest BCUT2D eigenvalue weighted by Crippen LogP contribution is 2.43. The van der Waals surface area contributed by atoms with Crippen LogP contribution in [-0.2, 0) is 0 Å². The van der Waals surface area contributed by atoms with Gasteiger partial charge in [-0.25, -0.2) is 0 Å². The summed E-state index contributed by atoms with van der Waals surface area (Å²) in [6, 6.07) is 20.8. The third-order valence-corrected chi connectivity index (χ3v) is 4.37. The molecule has 0 amide bonds. The molecule has 1 spiro atoms. The Morgan fingerprint density at radius 1 is 0.864 bits per heavy atom. The molecule has 3 aromatic rings. The first kappa shape index (κ1) is 11.9. The molecule has 0 saturated heterocycles. The Bertz CT molecular complexity index is 928. The molecule has 0 saturated carbocycles. The van der Waals surface area contributed by atoms with Gasteiger partial charge in [0.25, 0.3) is 0 Å². The third kappa shape index (κ3) is 1.61. The zero-order valence-corrected chi connectivity index (χ0v) is 11.9. The number of nitrogens with one attached hydrogen (secondary N) is 1. The normalized spacial score (nSPS) is 21.3. The number of benzene rings is 3. The maximum absolute atomic E-state index is 6.26. The SMILES string of the molecule is [CH]1c2c(ccc3ccccc23)NC12C=Cc1ccccc1O2. The fourth-order valence-electron chi connectivity index (χ4n) is 3.31. The molecule has 0 aliphatic carbocycles. The number of hydrogen-bond acceptors (Lipinski definition) is 2. The van der Waals surface area contributed by atoms with Gasteiger partial charge in [-0.15, -0.1) is 0 Å². The van der Waals surface area contributed by atoms with Crippen LogP contribution in [0.4, 0.5) is 5.69 Å². The predicted molar refractivity (Wildman–Crippen MR) is 89.8 cm³/mol. The molecule has 0 fully saturated rings. The van der Waals surface area contributed by atoms with Crippen molar-refractivity contribution < 1.29 is 4.74 Å². The summed E-state index contributed by atoms with van der Waals surface area (Å²) in [5, 5.41) is 6.02. The molecule has 2 nitrogen and oxygen atoms in total. The summed E-state index contributed by atoms with van der Waals surface area (Å²) in [6.07, 6.45) is 6.39. The van der Waals surface area contributed by atoms with Gasteiger partial charge in [0.2, 0.25) is 5.72 Å². The molecule has 2 heteroatoms. The Labute approximate surface area is 129 Å². The van der Waals surface area contributed by atoms with Crippen LogP contribution in [-0.4, -0.2) is 5.72 Å². The Morgan fingerprint density at radius 2 is 1.73 bits per heavy atom. The largest absolute Gasteiger partial charge is 0.463 e. The molecule has 1 radical (unpaired) electrons. The van der Waals surface area contributed by atoms with Gasteiger partial charge in [-0.3, -0.25) is 0 Å². The van der Waals surface area contributed by atoms with Crippen LogP contribution < -0.4 is 10.1 Å². The van der Waals surface area contributed by atoms with E-state index in [1.54, 1.807) is 0 Å². The first-order chi connectivity index (χ1) is 10.8. The van der Waals surface area contributed by atoms with Crippen molar-refractivity contribution in [3.63, 3.8) is 0 Å². The van der Waals surface area contributed by atoms with E-state index in [2.05, 4.69) is 66.4 Å². The number of rotatable bonds is 0. The second kappa shape index (κ2) is 4.14. The van der Waals surface area contributed by atoms with Gasteiger partial charge in [-0.2, -0.15) is 0 Å². The monoisotopic (exact) mass is 284 g/mol. The lowest BCUT2D eigenvalue weighted by Gasteiger charge is -2.31. The minimum atomic E-state index is -0.583. The summed E-state index contributed by atoms with van der Waals surface area (Å²) in [4.78, 5) is 0. The Kier molecular flexibility index (Phi) is 2.23. The van der Waals surface area contributed by atoms with E-state index < -0.39 is 5.72 Å². The van der Waals surface area contributed by atoms with E-state index >= 15 is 0 Å². The molecule has 2 aliphatic heterocycles. The summed E-state index contributed by atoms with van der Waals surface area (Å²) in [5.41, 5.74) is 2.86. The van der Waals surface area contributed by atoms with Crippen LogP contribution in [0.2, 0.25) is 0 Å². The topological polar surface area (TPSA) is 21.3 Å². The van der Waals surface area contributed by atoms with Crippen molar-refractivity contribution in [1.82, 2.24) is 0 Å². The molecule has 2 heterocycles. The van der Waals surface area contributed by atoms with Crippen molar-refractivity contribution in [3.8, 4) is 5.75 Å². The number of anilines is 1. The molecule has 1 N–H and O–H groups in total. The summed E-state index contributed by atoms with van der Waals surface area (Å²) in [5.74, 6) is 0.908. The highest BCUT2D eigenvalue weighted by atomic mass is 16.5. The van der Waals surface area contributed by atoms with Crippen molar-refractivity contribution in [1.29, 1.82) is 0 Å². The van der Waals surface area contributed by atoms with Crippen molar-refractivity contribution in [2.45, 2.75) is 5.72 Å². The first-order valence-electron chi connectivity index (χ1n) is 7.46. The molecule has 2 aliphatic rings. The van der Waals surface area contributed by atoms with E-state index in [1.807, 2.05) is 18.2 Å². The minimum absolute atomic E-state index is 0.583. The summed E-state index contributed by atoms with van der Waals surface area (Å²) < 4.78 is 6.26.